The van der Waals surface area contributed by atoms with E-state index in [1.54, 1.807) is 0 Å². The molecular formula is C14H11N3O2S. The minimum atomic E-state index is -1.04. The Morgan fingerprint density at radius 1 is 1.30 bits per heavy atom. The van der Waals surface area contributed by atoms with E-state index in [4.69, 9.17) is 5.73 Å². The van der Waals surface area contributed by atoms with E-state index in [-0.39, 0.29) is 5.56 Å². The molecule has 5 nitrogen and oxygen atoms in total. The second-order valence-corrected chi connectivity index (χ2v) is 5.28. The molecular weight excluding hydrogens is 274 g/mol. The third-order valence-electron chi connectivity index (χ3n) is 2.81. The molecule has 0 saturated carbocycles. The Morgan fingerprint density at radius 2 is 2.10 bits per heavy atom. The van der Waals surface area contributed by atoms with E-state index in [1.165, 1.54) is 24.0 Å². The van der Waals surface area contributed by atoms with Crippen LogP contribution in [0.25, 0.3) is 10.9 Å². The number of pyridine rings is 1. The molecule has 0 spiro atoms. The van der Waals surface area contributed by atoms with Crippen LogP contribution in [0.2, 0.25) is 0 Å². The number of benzene rings is 1. The molecule has 0 fully saturated rings. The fourth-order valence-electron chi connectivity index (χ4n) is 1.91. The van der Waals surface area contributed by atoms with Crippen LogP contribution in [0, 0.1) is 0 Å². The number of anilines is 1. The van der Waals surface area contributed by atoms with E-state index < -0.39 is 5.97 Å². The maximum absolute atomic E-state index is 11.2. The number of hydrogen-bond donors (Lipinski definition) is 3. The van der Waals surface area contributed by atoms with Gasteiger partial charge in [0.2, 0.25) is 0 Å². The largest absolute Gasteiger partial charge is 0.478 e. The van der Waals surface area contributed by atoms with Gasteiger partial charge in [-0.1, -0.05) is 30.0 Å². The van der Waals surface area contributed by atoms with Gasteiger partial charge >= 0.3 is 5.97 Å². The molecule has 1 aromatic carbocycles. The number of nitrogen functional groups attached to an aromatic ring is 1. The van der Waals surface area contributed by atoms with Gasteiger partial charge in [0.1, 0.15) is 5.03 Å². The van der Waals surface area contributed by atoms with Gasteiger partial charge in [-0.05, 0) is 18.2 Å². The van der Waals surface area contributed by atoms with Crippen molar-refractivity contribution >= 4 is 34.3 Å². The van der Waals surface area contributed by atoms with Crippen LogP contribution >= 0.6 is 11.8 Å². The zero-order chi connectivity index (χ0) is 14.1. The molecule has 100 valence electrons. The predicted molar refractivity (Wildman–Crippen MR) is 78.0 cm³/mol. The second-order valence-electron chi connectivity index (χ2n) is 4.25. The smallest absolute Gasteiger partial charge is 0.338 e. The number of para-hydroxylation sites is 1. The van der Waals surface area contributed by atoms with Crippen molar-refractivity contribution in [2.45, 2.75) is 10.1 Å². The number of hydrogen-bond acceptors (Lipinski definition) is 4. The summed E-state index contributed by atoms with van der Waals surface area (Å²) in [6.45, 7) is 0. The van der Waals surface area contributed by atoms with E-state index in [0.717, 1.165) is 15.9 Å². The van der Waals surface area contributed by atoms with Gasteiger partial charge in [-0.3, -0.25) is 0 Å². The summed E-state index contributed by atoms with van der Waals surface area (Å²) in [5.74, 6) is -1.04. The molecule has 0 radical (unpaired) electrons. The molecule has 0 amide bonds. The number of rotatable bonds is 3. The normalized spacial score (nSPS) is 10.8. The summed E-state index contributed by atoms with van der Waals surface area (Å²) >= 11 is 1.27. The quantitative estimate of drug-likeness (QED) is 0.688. The number of nitrogens with zero attached hydrogens (tertiary/aromatic N) is 1. The summed E-state index contributed by atoms with van der Waals surface area (Å²) in [5.41, 5.74) is 7.02. The van der Waals surface area contributed by atoms with Gasteiger partial charge in [0, 0.05) is 10.9 Å². The third-order valence-corrected chi connectivity index (χ3v) is 3.77. The minimum Gasteiger partial charge on any atom is -0.478 e. The number of nitrogens with one attached hydrogen (secondary N) is 1. The molecule has 2 heterocycles. The van der Waals surface area contributed by atoms with Crippen LogP contribution in [0.15, 0.2) is 52.6 Å². The highest BCUT2D eigenvalue weighted by atomic mass is 32.2. The fraction of sp³-hybridized carbons (Fsp3) is 0. The standard InChI is InChI=1S/C14H11N3O2S/c15-9-6-10(14(18)19)13(16-7-9)20-12-5-8-3-1-2-4-11(8)17-12/h1-7,17H,15H2,(H,18,19). The van der Waals surface area contributed by atoms with Crippen molar-refractivity contribution in [3.63, 3.8) is 0 Å². The lowest BCUT2D eigenvalue weighted by Crippen LogP contribution is -2.02. The Bertz CT molecular complexity index is 765. The Labute approximate surface area is 118 Å². The molecule has 6 heteroatoms. The number of aromatic nitrogens is 2. The number of aromatic carboxylic acids is 1. The topological polar surface area (TPSA) is 92.0 Å². The zero-order valence-corrected chi connectivity index (χ0v) is 11.1. The van der Waals surface area contributed by atoms with Crippen molar-refractivity contribution in [2.75, 3.05) is 5.73 Å². The highest BCUT2D eigenvalue weighted by molar-refractivity contribution is 7.99. The predicted octanol–water partition coefficient (Wildman–Crippen LogP) is 2.99. The zero-order valence-electron chi connectivity index (χ0n) is 10.3. The summed E-state index contributed by atoms with van der Waals surface area (Å²) in [4.78, 5) is 18.5. The Balaban J connectivity index is 2.00. The molecule has 4 N–H and O–H groups in total. The Kier molecular flexibility index (Phi) is 3.08. The van der Waals surface area contributed by atoms with Crippen molar-refractivity contribution in [3.8, 4) is 0 Å². The van der Waals surface area contributed by atoms with Crippen molar-refractivity contribution in [1.29, 1.82) is 0 Å². The molecule has 0 atom stereocenters. The first-order valence-corrected chi connectivity index (χ1v) is 6.69. The second kappa shape index (κ2) is 4.90. The van der Waals surface area contributed by atoms with Gasteiger partial charge < -0.3 is 15.8 Å². The number of aromatic amines is 1. The molecule has 3 rings (SSSR count). The first-order chi connectivity index (χ1) is 9.63. The van der Waals surface area contributed by atoms with Gasteiger partial charge in [-0.25, -0.2) is 9.78 Å². The van der Waals surface area contributed by atoms with Crippen molar-refractivity contribution in [2.24, 2.45) is 0 Å². The van der Waals surface area contributed by atoms with E-state index in [9.17, 15) is 9.90 Å². The molecule has 0 aliphatic heterocycles. The van der Waals surface area contributed by atoms with Crippen molar-refractivity contribution < 1.29 is 9.90 Å². The van der Waals surface area contributed by atoms with Crippen molar-refractivity contribution in [1.82, 2.24) is 9.97 Å². The molecule has 3 aromatic rings. The van der Waals surface area contributed by atoms with Gasteiger partial charge in [0.15, 0.2) is 0 Å². The average Bonchev–Trinajstić information content (AvgIpc) is 2.82. The molecule has 0 aliphatic rings. The van der Waals surface area contributed by atoms with Crippen LogP contribution < -0.4 is 5.73 Å². The lowest BCUT2D eigenvalue weighted by atomic mass is 10.3. The van der Waals surface area contributed by atoms with Crippen LogP contribution in [0.5, 0.6) is 0 Å². The highest BCUT2D eigenvalue weighted by Crippen LogP contribution is 2.31. The first kappa shape index (κ1) is 12.6. The lowest BCUT2D eigenvalue weighted by molar-refractivity contribution is 0.0692. The third kappa shape index (κ3) is 2.33. The summed E-state index contributed by atoms with van der Waals surface area (Å²) in [6.07, 6.45) is 1.46. The number of H-pyrrole nitrogens is 1. The maximum atomic E-state index is 11.2. The molecule has 0 unspecified atom stereocenters. The fourth-order valence-corrected chi connectivity index (χ4v) is 2.83. The van der Waals surface area contributed by atoms with Gasteiger partial charge in [-0.2, -0.15) is 0 Å². The van der Waals surface area contributed by atoms with E-state index in [2.05, 4.69) is 9.97 Å². The summed E-state index contributed by atoms with van der Waals surface area (Å²) in [5, 5.41) is 11.5. The average molecular weight is 285 g/mol. The van der Waals surface area contributed by atoms with Crippen LogP contribution in [0.4, 0.5) is 5.69 Å². The SMILES string of the molecule is Nc1cnc(Sc2cc3ccccc3[nH]2)c(C(=O)O)c1. The molecule has 0 saturated heterocycles. The lowest BCUT2D eigenvalue weighted by Gasteiger charge is -2.04. The number of nitrogens with two attached hydrogens (primary N) is 1. The number of carboxylic acids is 1. The Hall–Kier alpha value is -2.47. The summed E-state index contributed by atoms with van der Waals surface area (Å²) < 4.78 is 0. The van der Waals surface area contributed by atoms with Crippen LogP contribution in [-0.4, -0.2) is 21.0 Å². The first-order valence-electron chi connectivity index (χ1n) is 5.88. The summed E-state index contributed by atoms with van der Waals surface area (Å²) in [6, 6.07) is 11.2. The number of fused-ring (bicyclic) bond motifs is 1. The van der Waals surface area contributed by atoms with Crippen LogP contribution in [0.1, 0.15) is 10.4 Å². The van der Waals surface area contributed by atoms with Gasteiger partial charge in [-0.15, -0.1) is 0 Å². The monoisotopic (exact) mass is 285 g/mol. The molecule has 2 aromatic heterocycles. The highest BCUT2D eigenvalue weighted by Gasteiger charge is 2.14. The minimum absolute atomic E-state index is 0.105. The Morgan fingerprint density at radius 3 is 2.85 bits per heavy atom. The van der Waals surface area contributed by atoms with E-state index in [1.807, 2.05) is 30.3 Å². The van der Waals surface area contributed by atoms with Crippen LogP contribution in [0.3, 0.4) is 0 Å². The van der Waals surface area contributed by atoms with E-state index in [0.29, 0.717) is 10.7 Å². The van der Waals surface area contributed by atoms with E-state index >= 15 is 0 Å². The van der Waals surface area contributed by atoms with Crippen molar-refractivity contribution in [3.05, 3.63) is 48.2 Å². The van der Waals surface area contributed by atoms with Gasteiger partial charge in [0.05, 0.1) is 22.5 Å². The molecule has 0 bridgehead atoms. The molecule has 0 aliphatic carbocycles. The van der Waals surface area contributed by atoms with Crippen LogP contribution in [-0.2, 0) is 0 Å². The van der Waals surface area contributed by atoms with Gasteiger partial charge in [0.25, 0.3) is 0 Å². The summed E-state index contributed by atoms with van der Waals surface area (Å²) in [7, 11) is 0. The number of carboxylic acid groups (broad SMARTS) is 1. The maximum Gasteiger partial charge on any atom is 0.338 e. The number of carbonyl (C=O) groups is 1. The molecule has 20 heavy (non-hydrogen) atoms.